The summed E-state index contributed by atoms with van der Waals surface area (Å²) in [7, 11) is 0. The Hall–Kier alpha value is -1.76. The van der Waals surface area contributed by atoms with E-state index in [9.17, 15) is 26.3 Å². The van der Waals surface area contributed by atoms with Gasteiger partial charge in [0.2, 0.25) is 0 Å². The fraction of sp³-hybridized carbons (Fsp3) is 0.154. The summed E-state index contributed by atoms with van der Waals surface area (Å²) in [5.74, 6) is 0. The van der Waals surface area contributed by atoms with E-state index >= 15 is 0 Å². The van der Waals surface area contributed by atoms with E-state index in [1.807, 2.05) is 0 Å². The molecule has 2 aromatic rings. The molecule has 0 aliphatic heterocycles. The largest absolute Gasteiger partial charge is 0.433 e. The number of hydrogen-bond donors (Lipinski definition) is 0. The first-order valence-corrected chi connectivity index (χ1v) is 5.88. The van der Waals surface area contributed by atoms with Gasteiger partial charge in [0.1, 0.15) is 5.69 Å². The molecule has 2 rings (SSSR count). The molecule has 1 nitrogen and oxygen atoms in total. The standard InChI is InChI=1S/C13H6ClF6N/c14-9-5-6-10(13(18,19)20)21-11(9)7-1-3-8(4-2-7)12(15,16)17/h1-6H. The molecule has 0 aliphatic rings. The first kappa shape index (κ1) is 15.6. The van der Waals surface area contributed by atoms with Crippen LogP contribution in [-0.4, -0.2) is 4.98 Å². The van der Waals surface area contributed by atoms with Gasteiger partial charge in [-0.05, 0) is 24.3 Å². The van der Waals surface area contributed by atoms with Gasteiger partial charge < -0.3 is 0 Å². The Bertz CT molecular complexity index is 645. The summed E-state index contributed by atoms with van der Waals surface area (Å²) < 4.78 is 75.0. The fourth-order valence-electron chi connectivity index (χ4n) is 1.62. The minimum Gasteiger partial charge on any atom is -0.242 e. The van der Waals surface area contributed by atoms with Crippen LogP contribution in [0.1, 0.15) is 11.3 Å². The van der Waals surface area contributed by atoms with Crippen molar-refractivity contribution in [1.82, 2.24) is 4.98 Å². The van der Waals surface area contributed by atoms with Crippen LogP contribution in [0.4, 0.5) is 26.3 Å². The third kappa shape index (κ3) is 3.47. The molecule has 0 fully saturated rings. The lowest BCUT2D eigenvalue weighted by atomic mass is 10.1. The van der Waals surface area contributed by atoms with Crippen molar-refractivity contribution >= 4 is 11.6 Å². The second-order valence-corrected chi connectivity index (χ2v) is 4.51. The maximum atomic E-state index is 12.6. The Morgan fingerprint density at radius 2 is 1.33 bits per heavy atom. The van der Waals surface area contributed by atoms with Crippen molar-refractivity contribution in [2.75, 3.05) is 0 Å². The van der Waals surface area contributed by atoms with Crippen LogP contribution >= 0.6 is 11.6 Å². The molecule has 1 aromatic heterocycles. The van der Waals surface area contributed by atoms with Crippen molar-refractivity contribution in [3.05, 3.63) is 52.7 Å². The van der Waals surface area contributed by atoms with Gasteiger partial charge >= 0.3 is 12.4 Å². The Morgan fingerprint density at radius 3 is 1.81 bits per heavy atom. The van der Waals surface area contributed by atoms with Crippen LogP contribution in [0.5, 0.6) is 0 Å². The maximum Gasteiger partial charge on any atom is 0.433 e. The highest BCUT2D eigenvalue weighted by Gasteiger charge is 2.33. The number of halogens is 7. The van der Waals surface area contributed by atoms with E-state index in [1.54, 1.807) is 0 Å². The van der Waals surface area contributed by atoms with Gasteiger partial charge in [-0.2, -0.15) is 26.3 Å². The monoisotopic (exact) mass is 325 g/mol. The van der Waals surface area contributed by atoms with Crippen molar-refractivity contribution < 1.29 is 26.3 Å². The number of hydrogen-bond acceptors (Lipinski definition) is 1. The van der Waals surface area contributed by atoms with Crippen LogP contribution in [0.15, 0.2) is 36.4 Å². The van der Waals surface area contributed by atoms with E-state index in [1.165, 1.54) is 0 Å². The number of pyridine rings is 1. The summed E-state index contributed by atoms with van der Waals surface area (Å²) in [6.45, 7) is 0. The molecule has 0 saturated carbocycles. The lowest BCUT2D eigenvalue weighted by molar-refractivity contribution is -0.141. The van der Waals surface area contributed by atoms with Crippen LogP contribution in [0.3, 0.4) is 0 Å². The van der Waals surface area contributed by atoms with Crippen LogP contribution in [0.25, 0.3) is 11.3 Å². The van der Waals surface area contributed by atoms with Crippen LogP contribution in [-0.2, 0) is 12.4 Å². The summed E-state index contributed by atoms with van der Waals surface area (Å²) in [5, 5.41) is -0.0808. The molecule has 21 heavy (non-hydrogen) atoms. The lowest BCUT2D eigenvalue weighted by Crippen LogP contribution is -2.08. The minimum atomic E-state index is -4.66. The first-order valence-electron chi connectivity index (χ1n) is 5.50. The van der Waals surface area contributed by atoms with Gasteiger partial charge in [0.05, 0.1) is 16.3 Å². The average Bonchev–Trinajstić information content (AvgIpc) is 2.37. The maximum absolute atomic E-state index is 12.6. The van der Waals surface area contributed by atoms with Gasteiger partial charge in [-0.25, -0.2) is 4.98 Å². The predicted molar refractivity (Wildman–Crippen MR) is 64.7 cm³/mol. The highest BCUT2D eigenvalue weighted by molar-refractivity contribution is 6.33. The highest BCUT2D eigenvalue weighted by atomic mass is 35.5. The van der Waals surface area contributed by atoms with E-state index in [0.29, 0.717) is 6.07 Å². The number of rotatable bonds is 1. The number of nitrogens with zero attached hydrogens (tertiary/aromatic N) is 1. The highest BCUT2D eigenvalue weighted by Crippen LogP contribution is 2.35. The Labute approximate surface area is 120 Å². The van der Waals surface area contributed by atoms with Crippen molar-refractivity contribution in [3.63, 3.8) is 0 Å². The average molecular weight is 326 g/mol. The van der Waals surface area contributed by atoms with Crippen LogP contribution in [0.2, 0.25) is 5.02 Å². The molecule has 0 aliphatic carbocycles. The zero-order valence-electron chi connectivity index (χ0n) is 10.1. The quantitative estimate of drug-likeness (QED) is 0.636. The normalized spacial score (nSPS) is 12.5. The SMILES string of the molecule is FC(F)(F)c1ccc(-c2nc(C(F)(F)F)ccc2Cl)cc1. The number of benzene rings is 1. The molecule has 0 bridgehead atoms. The molecule has 112 valence electrons. The zero-order valence-corrected chi connectivity index (χ0v) is 10.8. The van der Waals surface area contributed by atoms with Crippen molar-refractivity contribution in [2.24, 2.45) is 0 Å². The number of aromatic nitrogens is 1. The first-order chi connectivity index (χ1) is 9.59. The minimum absolute atomic E-state index is 0.0686. The molecular weight excluding hydrogens is 320 g/mol. The van der Waals surface area contributed by atoms with Gasteiger partial charge in [-0.1, -0.05) is 23.7 Å². The third-order valence-corrected chi connectivity index (χ3v) is 2.93. The fourth-order valence-corrected chi connectivity index (χ4v) is 1.83. The molecule has 0 saturated heterocycles. The number of alkyl halides is 6. The molecular formula is C13H6ClF6N. The smallest absolute Gasteiger partial charge is 0.242 e. The second-order valence-electron chi connectivity index (χ2n) is 4.10. The topological polar surface area (TPSA) is 12.9 Å². The molecule has 0 unspecified atom stereocenters. The molecule has 1 aromatic carbocycles. The van der Waals surface area contributed by atoms with Crippen molar-refractivity contribution in [3.8, 4) is 11.3 Å². The Kier molecular flexibility index (Phi) is 3.88. The van der Waals surface area contributed by atoms with E-state index in [4.69, 9.17) is 11.6 Å². The molecule has 8 heteroatoms. The lowest BCUT2D eigenvalue weighted by Gasteiger charge is -2.11. The molecule has 0 amide bonds. The van der Waals surface area contributed by atoms with Gasteiger partial charge in [0, 0.05) is 5.56 Å². The van der Waals surface area contributed by atoms with Gasteiger partial charge in [-0.15, -0.1) is 0 Å². The van der Waals surface area contributed by atoms with Crippen molar-refractivity contribution in [2.45, 2.75) is 12.4 Å². The molecule has 0 atom stereocenters. The predicted octanol–water partition coefficient (Wildman–Crippen LogP) is 5.44. The zero-order chi connectivity index (χ0) is 15.8. The summed E-state index contributed by atoms with van der Waals surface area (Å²) in [6, 6.07) is 5.27. The summed E-state index contributed by atoms with van der Waals surface area (Å²) in [6.07, 6.45) is -9.19. The van der Waals surface area contributed by atoms with E-state index in [2.05, 4.69) is 4.98 Å². The Morgan fingerprint density at radius 1 is 0.762 bits per heavy atom. The van der Waals surface area contributed by atoms with Gasteiger partial charge in [0.15, 0.2) is 0 Å². The summed E-state index contributed by atoms with van der Waals surface area (Å²) in [5.41, 5.74) is -2.23. The van der Waals surface area contributed by atoms with E-state index in [0.717, 1.165) is 30.3 Å². The van der Waals surface area contributed by atoms with Crippen LogP contribution < -0.4 is 0 Å². The molecule has 1 heterocycles. The molecule has 0 spiro atoms. The second kappa shape index (κ2) is 5.22. The van der Waals surface area contributed by atoms with Gasteiger partial charge in [-0.3, -0.25) is 0 Å². The molecule has 0 N–H and O–H groups in total. The van der Waals surface area contributed by atoms with E-state index in [-0.39, 0.29) is 16.3 Å². The van der Waals surface area contributed by atoms with Gasteiger partial charge in [0.25, 0.3) is 0 Å². The summed E-state index contributed by atoms with van der Waals surface area (Å²) in [4.78, 5) is 3.37. The summed E-state index contributed by atoms with van der Waals surface area (Å²) >= 11 is 5.76. The third-order valence-electron chi connectivity index (χ3n) is 2.62. The Balaban J connectivity index is 2.47. The van der Waals surface area contributed by atoms with Crippen molar-refractivity contribution in [1.29, 1.82) is 0 Å². The van der Waals surface area contributed by atoms with Crippen LogP contribution in [0, 0.1) is 0 Å². The van der Waals surface area contributed by atoms with E-state index < -0.39 is 23.6 Å². The molecule has 0 radical (unpaired) electrons.